The lowest BCUT2D eigenvalue weighted by Crippen LogP contribution is -2.56. The van der Waals surface area contributed by atoms with Gasteiger partial charge in [-0.15, -0.1) is 0 Å². The Morgan fingerprint density at radius 1 is 1.25 bits per heavy atom. The van der Waals surface area contributed by atoms with Gasteiger partial charge in [0.05, 0.1) is 10.6 Å². The molecule has 1 aromatic carbocycles. The molecule has 0 unspecified atom stereocenters. The van der Waals surface area contributed by atoms with E-state index in [0.717, 1.165) is 12.1 Å². The van der Waals surface area contributed by atoms with Crippen molar-refractivity contribution < 1.29 is 18.3 Å². The Kier molecular flexibility index (Phi) is 5.44. The summed E-state index contributed by atoms with van der Waals surface area (Å²) in [5.41, 5.74) is -0.800. The zero-order valence-electron chi connectivity index (χ0n) is 9.07. The predicted octanol–water partition coefficient (Wildman–Crippen LogP) is 3.17. The van der Waals surface area contributed by atoms with Crippen molar-refractivity contribution in [3.05, 3.63) is 33.2 Å². The quantitative estimate of drug-likeness (QED) is 0.820. The van der Waals surface area contributed by atoms with E-state index >= 15 is 0 Å². The third-order valence-corrected chi connectivity index (χ3v) is 2.17. The second-order valence-corrected chi connectivity index (χ2v) is 3.14. The summed E-state index contributed by atoms with van der Waals surface area (Å²) in [6.07, 6.45) is -4.50. The van der Waals surface area contributed by atoms with Crippen LogP contribution in [0.25, 0.3) is 0 Å². The molecule has 1 aromatic rings. The lowest BCUT2D eigenvalue weighted by molar-refractivity contribution is -0.380. The van der Waals surface area contributed by atoms with E-state index in [4.69, 9.17) is 11.6 Å². The van der Waals surface area contributed by atoms with Gasteiger partial charge >= 0.3 is 6.18 Å². The lowest BCUT2D eigenvalue weighted by Gasteiger charge is -2.07. The van der Waals surface area contributed by atoms with Gasteiger partial charge in [0.15, 0.2) is 0 Å². The minimum Gasteiger partial charge on any atom is -0.166 e. The number of nitrogens with one attached hydrogen (secondary N) is 1. The molecule has 0 bridgehead atoms. The van der Waals surface area contributed by atoms with Crippen LogP contribution in [0.1, 0.15) is 25.0 Å². The van der Waals surface area contributed by atoms with Crippen LogP contribution in [0.5, 0.6) is 0 Å². The number of nitroso groups, excluding NO2 is 1. The smallest absolute Gasteiger partial charge is 0.166 e. The molecule has 2 nitrogen and oxygen atoms in total. The van der Waals surface area contributed by atoms with E-state index in [0.29, 0.717) is 5.56 Å². The van der Waals surface area contributed by atoms with Gasteiger partial charge in [-0.05, 0) is 13.0 Å². The highest BCUT2D eigenvalue weighted by Gasteiger charge is 2.32. The maximum atomic E-state index is 12.2. The summed E-state index contributed by atoms with van der Waals surface area (Å²) in [4.78, 5) is 10.3. The van der Waals surface area contributed by atoms with Gasteiger partial charge < -0.3 is 0 Å². The standard InChI is InChI=1S/C8H5ClF3NO.C2H6/c1-4-6(9)2-5(8(10,11)12)3-7(4)13-14;1-2/h2-3H,1H3;1-2H3/p+1. The van der Waals surface area contributed by atoms with Crippen LogP contribution < -0.4 is 5.18 Å². The maximum Gasteiger partial charge on any atom is 0.416 e. The highest BCUT2D eigenvalue weighted by Crippen LogP contribution is 2.34. The molecule has 0 saturated heterocycles. The van der Waals surface area contributed by atoms with E-state index in [1.165, 1.54) is 12.1 Å². The van der Waals surface area contributed by atoms with Gasteiger partial charge in [-0.2, -0.15) is 13.2 Å². The molecule has 0 heterocycles. The fourth-order valence-corrected chi connectivity index (χ4v) is 1.17. The first-order chi connectivity index (χ1) is 7.36. The van der Waals surface area contributed by atoms with Crippen LogP contribution in [0.3, 0.4) is 0 Å². The van der Waals surface area contributed by atoms with Crippen LogP contribution in [0.4, 0.5) is 18.9 Å². The number of rotatable bonds is 1. The molecule has 0 atom stereocenters. The van der Waals surface area contributed by atoms with E-state index in [2.05, 4.69) is 0 Å². The molecule has 1 rings (SSSR count). The van der Waals surface area contributed by atoms with Crippen molar-refractivity contribution in [2.45, 2.75) is 26.9 Å². The predicted molar refractivity (Wildman–Crippen MR) is 56.5 cm³/mol. The van der Waals surface area contributed by atoms with Gasteiger partial charge in [-0.3, -0.25) is 0 Å². The summed E-state index contributed by atoms with van der Waals surface area (Å²) < 4.78 is 36.7. The summed E-state index contributed by atoms with van der Waals surface area (Å²) in [5, 5.41) is 1.33. The molecule has 0 aromatic heterocycles. The minimum absolute atomic E-state index is 0.0850. The second kappa shape index (κ2) is 5.84. The molecule has 90 valence electrons. The molecule has 6 heteroatoms. The summed E-state index contributed by atoms with van der Waals surface area (Å²) in [5.74, 6) is 0. The largest absolute Gasteiger partial charge is 0.416 e. The molecule has 1 N–H and O–H groups in total. The molecular weight excluding hydrogens is 243 g/mol. The number of benzene rings is 1. The fraction of sp³-hybridized carbons (Fsp3) is 0.400. The van der Waals surface area contributed by atoms with Crippen molar-refractivity contribution in [1.82, 2.24) is 0 Å². The monoisotopic (exact) mass is 254 g/mol. The van der Waals surface area contributed by atoms with E-state index in [1.54, 1.807) is 0 Å². The summed E-state index contributed by atoms with van der Waals surface area (Å²) in [6, 6.07) is 1.52. The van der Waals surface area contributed by atoms with Crippen molar-refractivity contribution >= 4 is 17.3 Å². The van der Waals surface area contributed by atoms with Crippen molar-refractivity contribution in [1.29, 1.82) is 0 Å². The molecule has 0 fully saturated rings. The molecular formula is C10H12ClF3NO+. The first kappa shape index (κ1) is 14.9. The van der Waals surface area contributed by atoms with Crippen LogP contribution in [0, 0.1) is 11.8 Å². The van der Waals surface area contributed by atoms with Crippen molar-refractivity contribution in [3.63, 3.8) is 0 Å². The van der Waals surface area contributed by atoms with Gasteiger partial charge in [0.1, 0.15) is 0 Å². The molecule has 0 amide bonds. The zero-order chi connectivity index (χ0) is 12.9. The summed E-state index contributed by atoms with van der Waals surface area (Å²) in [6.45, 7) is 5.46. The van der Waals surface area contributed by atoms with Crippen molar-refractivity contribution in [2.75, 3.05) is 0 Å². The SMILES string of the molecule is CC.Cc1c(Cl)cc(C(F)(F)F)cc1[NH+]=O. The fourth-order valence-electron chi connectivity index (χ4n) is 0.949. The minimum atomic E-state index is -4.50. The lowest BCUT2D eigenvalue weighted by atomic mass is 10.1. The van der Waals surface area contributed by atoms with Gasteiger partial charge in [0.2, 0.25) is 0 Å². The second-order valence-electron chi connectivity index (χ2n) is 2.73. The Hall–Kier alpha value is -1.10. The molecule has 0 saturated carbocycles. The van der Waals surface area contributed by atoms with Gasteiger partial charge in [-0.1, -0.05) is 25.4 Å². The van der Waals surface area contributed by atoms with E-state index in [1.807, 2.05) is 13.8 Å². The van der Waals surface area contributed by atoms with Gasteiger partial charge in [-0.25, -0.2) is 0 Å². The van der Waals surface area contributed by atoms with E-state index in [9.17, 15) is 18.1 Å². The molecule has 0 radical (unpaired) electrons. The van der Waals surface area contributed by atoms with Crippen LogP contribution in [-0.2, 0) is 6.18 Å². The highest BCUT2D eigenvalue weighted by molar-refractivity contribution is 6.31. The number of hydrogen-bond donors (Lipinski definition) is 1. The highest BCUT2D eigenvalue weighted by atomic mass is 35.5. The van der Waals surface area contributed by atoms with E-state index in [-0.39, 0.29) is 10.7 Å². The van der Waals surface area contributed by atoms with Gasteiger partial charge in [0, 0.05) is 21.7 Å². The summed E-state index contributed by atoms with van der Waals surface area (Å²) in [7, 11) is 0. The third-order valence-electron chi connectivity index (χ3n) is 1.78. The Bertz CT molecular complexity index is 377. The molecule has 0 spiro atoms. The maximum absolute atomic E-state index is 12.2. The molecule has 0 aliphatic heterocycles. The Labute approximate surface area is 96.4 Å². The van der Waals surface area contributed by atoms with Gasteiger partial charge in [0.25, 0.3) is 5.69 Å². The van der Waals surface area contributed by atoms with Crippen LogP contribution >= 0.6 is 11.6 Å². The van der Waals surface area contributed by atoms with Crippen molar-refractivity contribution in [2.24, 2.45) is 0 Å². The third kappa shape index (κ3) is 3.48. The Morgan fingerprint density at radius 3 is 2.12 bits per heavy atom. The molecule has 16 heavy (non-hydrogen) atoms. The van der Waals surface area contributed by atoms with E-state index < -0.39 is 11.7 Å². The number of halogens is 4. The number of alkyl halides is 3. The zero-order valence-corrected chi connectivity index (χ0v) is 9.83. The summed E-state index contributed by atoms with van der Waals surface area (Å²) >= 11 is 5.52. The molecule has 0 aliphatic carbocycles. The Balaban J connectivity index is 0.00000106. The average molecular weight is 255 g/mol. The van der Waals surface area contributed by atoms with Crippen LogP contribution in [-0.4, -0.2) is 0 Å². The van der Waals surface area contributed by atoms with Crippen molar-refractivity contribution in [3.8, 4) is 0 Å². The average Bonchev–Trinajstić information content (AvgIpc) is 2.23. The van der Waals surface area contributed by atoms with Crippen LogP contribution in [0.2, 0.25) is 5.02 Å². The topological polar surface area (TPSA) is 31.0 Å². The molecule has 0 aliphatic rings. The normalized spacial score (nSPS) is 10.4. The van der Waals surface area contributed by atoms with Crippen LogP contribution in [0.15, 0.2) is 12.1 Å². The first-order valence-electron chi connectivity index (χ1n) is 4.61. The first-order valence-corrected chi connectivity index (χ1v) is 4.99. The Morgan fingerprint density at radius 2 is 1.75 bits per heavy atom. The number of hydrogen-bond acceptors (Lipinski definition) is 1.